The van der Waals surface area contributed by atoms with Crippen molar-refractivity contribution in [2.24, 2.45) is 0 Å². The van der Waals surface area contributed by atoms with E-state index in [0.29, 0.717) is 0 Å². The molecule has 0 spiro atoms. The van der Waals surface area contributed by atoms with Crippen LogP contribution in [0.3, 0.4) is 0 Å². The van der Waals surface area contributed by atoms with E-state index in [1.165, 1.54) is 24.0 Å². The Kier molecular flexibility index (Phi) is 12.1. The van der Waals surface area contributed by atoms with Crippen molar-refractivity contribution in [3.8, 4) is 0 Å². The maximum atomic E-state index is 9.32. The highest BCUT2D eigenvalue weighted by atomic mass is 31.3. The van der Waals surface area contributed by atoms with Crippen molar-refractivity contribution >= 4 is 15.6 Å². The van der Waals surface area contributed by atoms with E-state index in [9.17, 15) is 28.7 Å². The fourth-order valence-corrected chi connectivity index (χ4v) is 2.62. The van der Waals surface area contributed by atoms with Crippen molar-refractivity contribution in [3.05, 3.63) is 47.5 Å². The highest BCUT2D eigenvalue weighted by molar-refractivity contribution is 7.57. The number of hydrogen-bond acceptors (Lipinski definition) is 8. The summed E-state index contributed by atoms with van der Waals surface area (Å²) in [6.45, 7) is 5.89. The molecule has 0 aliphatic heterocycles. The summed E-state index contributed by atoms with van der Waals surface area (Å²) in [6, 6.07) is 10.3. The lowest BCUT2D eigenvalue weighted by Gasteiger charge is -2.39. The Morgan fingerprint density at radius 3 is 2.04 bits per heavy atom. The third-order valence-electron chi connectivity index (χ3n) is 2.91. The molecule has 0 atom stereocenters. The molecule has 0 heterocycles. The SMILES string of the molecule is C/C=C(\C)CCCCOCc1ccccc1.O=P([O-])([O-])OP(=O)([O-])[O-]. The van der Waals surface area contributed by atoms with E-state index in [1.807, 2.05) is 18.2 Å². The summed E-state index contributed by atoms with van der Waals surface area (Å²) in [5.41, 5.74) is 2.73. The minimum absolute atomic E-state index is 0.740. The monoisotopic (exact) mass is 392 g/mol. The van der Waals surface area contributed by atoms with Gasteiger partial charge >= 0.3 is 0 Å². The number of hydrogen-bond donors (Lipinski definition) is 0. The molecule has 0 fully saturated rings. The van der Waals surface area contributed by atoms with E-state index in [4.69, 9.17) is 4.74 Å². The van der Waals surface area contributed by atoms with Crippen LogP contribution in [0.4, 0.5) is 0 Å². The van der Waals surface area contributed by atoms with Gasteiger partial charge in [0.05, 0.1) is 22.3 Å². The number of rotatable bonds is 9. The largest absolute Gasteiger partial charge is 0.790 e. The molecular formula is C15H22O8P2-4. The number of allylic oxidation sites excluding steroid dienone is 2. The zero-order valence-corrected chi connectivity index (χ0v) is 15.9. The van der Waals surface area contributed by atoms with Crippen molar-refractivity contribution in [2.45, 2.75) is 39.7 Å². The lowest BCUT2D eigenvalue weighted by molar-refractivity contribution is -0.364. The summed E-state index contributed by atoms with van der Waals surface area (Å²) >= 11 is 0. The Labute approximate surface area is 148 Å². The minimum atomic E-state index is -5.68. The second-order valence-electron chi connectivity index (χ2n) is 5.11. The Hall–Kier alpha value is -0.820. The fraction of sp³-hybridized carbons (Fsp3) is 0.467. The molecule has 1 rings (SSSR count). The van der Waals surface area contributed by atoms with E-state index in [0.717, 1.165) is 19.6 Å². The van der Waals surface area contributed by atoms with Gasteiger partial charge in [-0.15, -0.1) is 0 Å². The normalized spacial score (nSPS) is 12.5. The molecule has 1 aromatic rings. The van der Waals surface area contributed by atoms with Crippen molar-refractivity contribution in [2.75, 3.05) is 6.61 Å². The molecule has 25 heavy (non-hydrogen) atoms. The van der Waals surface area contributed by atoms with E-state index in [-0.39, 0.29) is 0 Å². The average molecular weight is 392 g/mol. The van der Waals surface area contributed by atoms with Gasteiger partial charge in [-0.25, -0.2) is 0 Å². The minimum Gasteiger partial charge on any atom is -0.790 e. The zero-order chi connectivity index (χ0) is 19.3. The van der Waals surface area contributed by atoms with Crippen LogP contribution in [-0.4, -0.2) is 6.61 Å². The third kappa shape index (κ3) is 17.8. The molecule has 144 valence electrons. The van der Waals surface area contributed by atoms with Crippen LogP contribution in [0, 0.1) is 0 Å². The molecule has 0 aliphatic rings. The first kappa shape index (κ1) is 24.2. The van der Waals surface area contributed by atoms with Crippen LogP contribution in [0.15, 0.2) is 42.0 Å². The van der Waals surface area contributed by atoms with E-state index >= 15 is 0 Å². The maximum absolute atomic E-state index is 9.32. The molecule has 0 unspecified atom stereocenters. The van der Waals surface area contributed by atoms with Gasteiger partial charge in [0, 0.05) is 6.61 Å². The van der Waals surface area contributed by atoms with Gasteiger partial charge in [0.25, 0.3) is 0 Å². The average Bonchev–Trinajstić information content (AvgIpc) is 2.48. The molecule has 0 aromatic heterocycles. The smallest absolute Gasteiger partial charge is 0.0716 e. The standard InChI is InChI=1S/C15H22O.H4O7P2/c1-3-14(2)9-7-8-12-16-13-15-10-5-4-6-11-15;1-8(2,3)7-9(4,5)6/h3-6,10-11H,7-9,12-13H2,1-2H3;(H2,1,2,3)(H2,4,5,6)/p-4/b14-3+;. The first-order chi connectivity index (χ1) is 11.5. The van der Waals surface area contributed by atoms with Crippen molar-refractivity contribution < 1.29 is 37.8 Å². The number of phosphoric acid groups is 2. The van der Waals surface area contributed by atoms with Gasteiger partial charge in [0.1, 0.15) is 0 Å². The van der Waals surface area contributed by atoms with Crippen LogP contribution < -0.4 is 19.6 Å². The summed E-state index contributed by atoms with van der Waals surface area (Å²) in [6.07, 6.45) is 5.76. The fourth-order valence-electron chi connectivity index (χ4n) is 1.64. The van der Waals surface area contributed by atoms with Crippen LogP contribution in [0.25, 0.3) is 0 Å². The van der Waals surface area contributed by atoms with E-state index < -0.39 is 15.6 Å². The summed E-state index contributed by atoms with van der Waals surface area (Å²) in [7, 11) is -11.4. The summed E-state index contributed by atoms with van der Waals surface area (Å²) < 4.78 is 26.8. The van der Waals surface area contributed by atoms with Crippen LogP contribution in [0.2, 0.25) is 0 Å². The lowest BCUT2D eigenvalue weighted by Crippen LogP contribution is -2.23. The maximum Gasteiger partial charge on any atom is 0.0716 e. The topological polar surface area (TPSA) is 145 Å². The molecule has 0 aliphatic carbocycles. The van der Waals surface area contributed by atoms with E-state index in [2.05, 4.69) is 36.4 Å². The van der Waals surface area contributed by atoms with Crippen molar-refractivity contribution in [1.82, 2.24) is 0 Å². The Morgan fingerprint density at radius 1 is 1.04 bits per heavy atom. The lowest BCUT2D eigenvalue weighted by atomic mass is 10.1. The molecule has 0 N–H and O–H groups in total. The molecule has 0 radical (unpaired) electrons. The molecular weight excluding hydrogens is 370 g/mol. The van der Waals surface area contributed by atoms with Crippen LogP contribution in [0.1, 0.15) is 38.7 Å². The highest BCUT2D eigenvalue weighted by Gasteiger charge is 1.94. The Balaban J connectivity index is 0.000000547. The molecule has 0 saturated carbocycles. The third-order valence-corrected chi connectivity index (χ3v) is 4.51. The summed E-state index contributed by atoms with van der Waals surface area (Å²) in [5.74, 6) is 0. The van der Waals surface area contributed by atoms with Crippen LogP contribution >= 0.6 is 15.6 Å². The number of unbranched alkanes of at least 4 members (excludes halogenated alkanes) is 1. The van der Waals surface area contributed by atoms with Crippen LogP contribution in [-0.2, 0) is 24.8 Å². The summed E-state index contributed by atoms with van der Waals surface area (Å²) in [5, 5.41) is 0. The Bertz CT molecular complexity index is 571. The van der Waals surface area contributed by atoms with Gasteiger partial charge in [-0.1, -0.05) is 42.0 Å². The zero-order valence-electron chi connectivity index (χ0n) is 14.2. The van der Waals surface area contributed by atoms with Crippen molar-refractivity contribution in [1.29, 1.82) is 0 Å². The predicted molar refractivity (Wildman–Crippen MR) is 85.7 cm³/mol. The number of benzene rings is 1. The second kappa shape index (κ2) is 12.5. The van der Waals surface area contributed by atoms with Gasteiger partial charge in [-0.3, -0.25) is 0 Å². The van der Waals surface area contributed by atoms with Gasteiger partial charge in [0.15, 0.2) is 0 Å². The second-order valence-corrected chi connectivity index (χ2v) is 7.55. The van der Waals surface area contributed by atoms with Gasteiger partial charge in [-0.2, -0.15) is 0 Å². The number of ether oxygens (including phenoxy) is 1. The predicted octanol–water partition coefficient (Wildman–Crippen LogP) is 1.00. The van der Waals surface area contributed by atoms with Gasteiger partial charge in [0.2, 0.25) is 0 Å². The molecule has 0 bridgehead atoms. The molecule has 0 saturated heterocycles. The molecule has 10 heteroatoms. The highest BCUT2D eigenvalue weighted by Crippen LogP contribution is 2.42. The van der Waals surface area contributed by atoms with Crippen LogP contribution in [0.5, 0.6) is 0 Å². The quantitative estimate of drug-likeness (QED) is 0.344. The van der Waals surface area contributed by atoms with E-state index in [1.54, 1.807) is 0 Å². The first-order valence-electron chi connectivity index (χ1n) is 7.52. The van der Waals surface area contributed by atoms with Gasteiger partial charge in [-0.05, 0) is 38.7 Å². The molecule has 1 aromatic carbocycles. The Morgan fingerprint density at radius 2 is 1.60 bits per heavy atom. The molecule has 0 amide bonds. The first-order valence-corrected chi connectivity index (χ1v) is 10.4. The van der Waals surface area contributed by atoms with Gasteiger partial charge < -0.3 is 37.8 Å². The molecule has 8 nitrogen and oxygen atoms in total. The van der Waals surface area contributed by atoms with Crippen molar-refractivity contribution in [3.63, 3.8) is 0 Å². The summed E-state index contributed by atoms with van der Waals surface area (Å²) in [4.78, 5) is 37.3.